The molecule has 2 rings (SSSR count). The van der Waals surface area contributed by atoms with Crippen molar-refractivity contribution in [3.05, 3.63) is 47.5 Å². The second-order valence-corrected chi connectivity index (χ2v) is 7.22. The first-order valence-electron chi connectivity index (χ1n) is 8.93. The first kappa shape index (κ1) is 21.3. The Labute approximate surface area is 168 Å². The second kappa shape index (κ2) is 10.3. The summed E-state index contributed by atoms with van der Waals surface area (Å²) in [6, 6.07) is 12.4. The standard InChI is InChI=1S/C20H23N5O2S/c1-3-7-13(2)23-17(26)12-28-20-14(11-21)10-16(18(22)25-20)19(27)24-15-8-5-4-6-9-15/h4-6,8-10,13H,3,7,12H2,1-2H3,(H2,22,25)(H,23,26)(H,24,27). The Kier molecular flexibility index (Phi) is 7.84. The van der Waals surface area contributed by atoms with Gasteiger partial charge in [-0.15, -0.1) is 0 Å². The molecule has 8 heteroatoms. The highest BCUT2D eigenvalue weighted by atomic mass is 32.2. The number of nitrogen functional groups attached to an aromatic ring is 1. The molecular weight excluding hydrogens is 374 g/mol. The van der Waals surface area contributed by atoms with Crippen LogP contribution in [0.15, 0.2) is 41.4 Å². The van der Waals surface area contributed by atoms with E-state index in [9.17, 15) is 14.9 Å². The van der Waals surface area contributed by atoms with Crippen molar-refractivity contribution in [3.8, 4) is 6.07 Å². The number of thioether (sulfide) groups is 1. The number of pyridine rings is 1. The lowest BCUT2D eigenvalue weighted by Gasteiger charge is -2.13. The molecule has 0 aliphatic heterocycles. The summed E-state index contributed by atoms with van der Waals surface area (Å²) >= 11 is 1.12. The van der Waals surface area contributed by atoms with Crippen LogP contribution in [-0.2, 0) is 4.79 Å². The average molecular weight is 398 g/mol. The van der Waals surface area contributed by atoms with Crippen LogP contribution in [0.5, 0.6) is 0 Å². The van der Waals surface area contributed by atoms with Crippen molar-refractivity contribution in [1.82, 2.24) is 10.3 Å². The molecule has 0 saturated carbocycles. The summed E-state index contributed by atoms with van der Waals surface area (Å²) in [7, 11) is 0. The molecule has 28 heavy (non-hydrogen) atoms. The Morgan fingerprint density at radius 1 is 1.32 bits per heavy atom. The maximum absolute atomic E-state index is 12.5. The van der Waals surface area contributed by atoms with E-state index in [0.717, 1.165) is 24.6 Å². The van der Waals surface area contributed by atoms with Gasteiger partial charge in [0, 0.05) is 11.7 Å². The van der Waals surface area contributed by atoms with Crippen molar-refractivity contribution in [2.75, 3.05) is 16.8 Å². The van der Waals surface area contributed by atoms with Gasteiger partial charge in [0.1, 0.15) is 16.9 Å². The molecule has 0 spiro atoms. The second-order valence-electron chi connectivity index (χ2n) is 6.25. The molecule has 1 aromatic carbocycles. The molecule has 1 unspecified atom stereocenters. The number of amides is 2. The van der Waals surface area contributed by atoms with E-state index in [1.54, 1.807) is 24.3 Å². The third-order valence-corrected chi connectivity index (χ3v) is 4.87. The number of nitriles is 1. The molecule has 4 N–H and O–H groups in total. The molecule has 0 fully saturated rings. The van der Waals surface area contributed by atoms with Crippen LogP contribution in [0.25, 0.3) is 0 Å². The number of aromatic nitrogens is 1. The number of carbonyl (C=O) groups excluding carboxylic acids is 2. The van der Waals surface area contributed by atoms with Gasteiger partial charge in [0.15, 0.2) is 0 Å². The third-order valence-electron chi connectivity index (χ3n) is 3.88. The maximum Gasteiger partial charge on any atom is 0.259 e. The Morgan fingerprint density at radius 2 is 2.04 bits per heavy atom. The van der Waals surface area contributed by atoms with Gasteiger partial charge in [-0.05, 0) is 31.5 Å². The third kappa shape index (κ3) is 5.99. The molecule has 0 radical (unpaired) electrons. The van der Waals surface area contributed by atoms with Crippen LogP contribution in [0.3, 0.4) is 0 Å². The van der Waals surface area contributed by atoms with Gasteiger partial charge in [-0.1, -0.05) is 43.3 Å². The molecule has 1 heterocycles. The van der Waals surface area contributed by atoms with E-state index in [4.69, 9.17) is 5.73 Å². The summed E-state index contributed by atoms with van der Waals surface area (Å²) in [6.45, 7) is 4.00. The molecule has 1 atom stereocenters. The predicted molar refractivity (Wildman–Crippen MR) is 111 cm³/mol. The van der Waals surface area contributed by atoms with Gasteiger partial charge in [-0.25, -0.2) is 4.98 Å². The zero-order valence-electron chi connectivity index (χ0n) is 15.9. The van der Waals surface area contributed by atoms with E-state index in [1.807, 2.05) is 19.1 Å². The van der Waals surface area contributed by atoms with Crippen LogP contribution in [0.2, 0.25) is 0 Å². The Bertz CT molecular complexity index is 880. The minimum atomic E-state index is -0.449. The van der Waals surface area contributed by atoms with Crippen LogP contribution in [0.4, 0.5) is 11.5 Å². The Morgan fingerprint density at radius 3 is 2.68 bits per heavy atom. The number of nitrogens with two attached hydrogens (primary N) is 1. The lowest BCUT2D eigenvalue weighted by molar-refractivity contribution is -0.119. The summed E-state index contributed by atoms with van der Waals surface area (Å²) in [5.41, 5.74) is 6.86. The van der Waals surface area contributed by atoms with Crippen LogP contribution >= 0.6 is 11.8 Å². The lowest BCUT2D eigenvalue weighted by Crippen LogP contribution is -2.33. The number of nitrogens with zero attached hydrogens (tertiary/aromatic N) is 2. The van der Waals surface area contributed by atoms with Crippen molar-refractivity contribution in [3.63, 3.8) is 0 Å². The molecule has 0 saturated heterocycles. The number of nitrogens with one attached hydrogen (secondary N) is 2. The Balaban J connectivity index is 2.09. The number of carbonyl (C=O) groups is 2. The first-order valence-corrected chi connectivity index (χ1v) is 9.92. The fourth-order valence-corrected chi connectivity index (χ4v) is 3.33. The van der Waals surface area contributed by atoms with Crippen LogP contribution in [-0.4, -0.2) is 28.6 Å². The summed E-state index contributed by atoms with van der Waals surface area (Å²) in [5, 5.41) is 15.3. The normalized spacial score (nSPS) is 11.3. The number of hydrogen-bond donors (Lipinski definition) is 3. The highest BCUT2D eigenvalue weighted by molar-refractivity contribution is 8.00. The molecule has 0 aliphatic carbocycles. The maximum atomic E-state index is 12.5. The molecule has 0 bridgehead atoms. The van der Waals surface area contributed by atoms with E-state index < -0.39 is 5.91 Å². The van der Waals surface area contributed by atoms with Crippen molar-refractivity contribution >= 4 is 35.1 Å². The van der Waals surface area contributed by atoms with Crippen molar-refractivity contribution < 1.29 is 9.59 Å². The zero-order valence-corrected chi connectivity index (χ0v) is 16.7. The number of anilines is 2. The van der Waals surface area contributed by atoms with E-state index in [0.29, 0.717) is 10.7 Å². The van der Waals surface area contributed by atoms with Gasteiger partial charge >= 0.3 is 0 Å². The molecule has 1 aromatic heterocycles. The molecule has 7 nitrogen and oxygen atoms in total. The summed E-state index contributed by atoms with van der Waals surface area (Å²) in [5.74, 6) is -0.462. The highest BCUT2D eigenvalue weighted by Crippen LogP contribution is 2.24. The lowest BCUT2D eigenvalue weighted by atomic mass is 10.2. The van der Waals surface area contributed by atoms with Gasteiger partial charge in [0.25, 0.3) is 5.91 Å². The van der Waals surface area contributed by atoms with Gasteiger partial charge in [0.2, 0.25) is 5.91 Å². The number of rotatable bonds is 8. The average Bonchev–Trinajstić information content (AvgIpc) is 2.67. The molecule has 2 aromatic rings. The molecular formula is C20H23N5O2S. The Hall–Kier alpha value is -3.05. The van der Waals surface area contributed by atoms with Gasteiger partial charge < -0.3 is 16.4 Å². The van der Waals surface area contributed by atoms with Gasteiger partial charge in [0.05, 0.1) is 16.9 Å². The van der Waals surface area contributed by atoms with Gasteiger partial charge in [-0.2, -0.15) is 5.26 Å². The van der Waals surface area contributed by atoms with Gasteiger partial charge in [-0.3, -0.25) is 9.59 Å². The minimum absolute atomic E-state index is 0.00897. The smallest absolute Gasteiger partial charge is 0.259 e. The highest BCUT2D eigenvalue weighted by Gasteiger charge is 2.17. The summed E-state index contributed by atoms with van der Waals surface area (Å²) < 4.78 is 0. The fraction of sp³-hybridized carbons (Fsp3) is 0.300. The molecule has 146 valence electrons. The number of benzene rings is 1. The topological polar surface area (TPSA) is 121 Å². The van der Waals surface area contributed by atoms with E-state index in [-0.39, 0.29) is 34.6 Å². The van der Waals surface area contributed by atoms with E-state index >= 15 is 0 Å². The van der Waals surface area contributed by atoms with Crippen LogP contribution in [0, 0.1) is 11.3 Å². The SMILES string of the molecule is CCCC(C)NC(=O)CSc1nc(N)c(C(=O)Nc2ccccc2)cc1C#N. The van der Waals surface area contributed by atoms with Crippen molar-refractivity contribution in [1.29, 1.82) is 5.26 Å². The monoisotopic (exact) mass is 397 g/mol. The number of para-hydroxylation sites is 1. The predicted octanol–water partition coefficient (Wildman–Crippen LogP) is 3.18. The molecule has 2 amide bonds. The van der Waals surface area contributed by atoms with Crippen LogP contribution in [0.1, 0.15) is 42.6 Å². The minimum Gasteiger partial charge on any atom is -0.383 e. The quantitative estimate of drug-likeness (QED) is 0.588. The zero-order chi connectivity index (χ0) is 20.5. The van der Waals surface area contributed by atoms with E-state index in [2.05, 4.69) is 22.5 Å². The van der Waals surface area contributed by atoms with E-state index in [1.165, 1.54) is 6.07 Å². The fourth-order valence-electron chi connectivity index (χ4n) is 2.56. The summed E-state index contributed by atoms with van der Waals surface area (Å²) in [4.78, 5) is 28.6. The van der Waals surface area contributed by atoms with Crippen molar-refractivity contribution in [2.24, 2.45) is 0 Å². The summed E-state index contributed by atoms with van der Waals surface area (Å²) in [6.07, 6.45) is 1.88. The van der Waals surface area contributed by atoms with Crippen molar-refractivity contribution in [2.45, 2.75) is 37.8 Å². The number of hydrogen-bond acceptors (Lipinski definition) is 6. The largest absolute Gasteiger partial charge is 0.383 e. The first-order chi connectivity index (χ1) is 13.4. The van der Waals surface area contributed by atoms with Crippen LogP contribution < -0.4 is 16.4 Å². The molecule has 0 aliphatic rings.